The fourth-order valence-electron chi connectivity index (χ4n) is 2.17. The molecule has 0 saturated heterocycles. The number of carboxylic acids is 1. The van der Waals surface area contributed by atoms with Gasteiger partial charge in [-0.25, -0.2) is 0 Å². The highest BCUT2D eigenvalue weighted by Gasteiger charge is 2.19. The van der Waals surface area contributed by atoms with E-state index in [1.54, 1.807) is 19.2 Å². The Morgan fingerprint density at radius 1 is 1.09 bits per heavy atom. The number of carbonyl (C=O) groups is 2. The number of hydrogen-bond acceptors (Lipinski definition) is 4. The van der Waals surface area contributed by atoms with Crippen molar-refractivity contribution in [1.29, 1.82) is 0 Å². The highest BCUT2D eigenvalue weighted by atomic mass is 32.2. The standard InChI is InChI=1S/C18H18O4S/c1-22-15-9-7-14(8-10-15)17(23-12-18(20)21)11-16(19)13-5-3-2-4-6-13/h2-10,17H,11-12H2,1H3,(H,20,21). The van der Waals surface area contributed by atoms with Crippen LogP contribution in [0.3, 0.4) is 0 Å². The summed E-state index contributed by atoms with van der Waals surface area (Å²) in [7, 11) is 1.59. The number of benzene rings is 2. The van der Waals surface area contributed by atoms with Crippen LogP contribution in [-0.4, -0.2) is 29.7 Å². The molecule has 23 heavy (non-hydrogen) atoms. The van der Waals surface area contributed by atoms with Crippen molar-refractivity contribution in [3.05, 3.63) is 65.7 Å². The molecular formula is C18H18O4S. The summed E-state index contributed by atoms with van der Waals surface area (Å²) in [6.45, 7) is 0. The lowest BCUT2D eigenvalue weighted by molar-refractivity contribution is -0.133. The number of Topliss-reactive ketones (excluding diaryl/α,β-unsaturated/α-hetero) is 1. The molecule has 1 atom stereocenters. The van der Waals surface area contributed by atoms with Crippen LogP contribution in [0.4, 0.5) is 0 Å². The minimum Gasteiger partial charge on any atom is -0.497 e. The summed E-state index contributed by atoms with van der Waals surface area (Å²) in [5, 5.41) is 8.71. The summed E-state index contributed by atoms with van der Waals surface area (Å²) in [5.41, 5.74) is 1.56. The number of hydrogen-bond donors (Lipinski definition) is 1. The van der Waals surface area contributed by atoms with Crippen LogP contribution in [0.2, 0.25) is 0 Å². The maximum Gasteiger partial charge on any atom is 0.313 e. The van der Waals surface area contributed by atoms with Gasteiger partial charge in [0.05, 0.1) is 12.9 Å². The van der Waals surface area contributed by atoms with Gasteiger partial charge in [0.2, 0.25) is 0 Å². The van der Waals surface area contributed by atoms with Crippen molar-refractivity contribution >= 4 is 23.5 Å². The lowest BCUT2D eigenvalue weighted by atomic mass is 10.0. The van der Waals surface area contributed by atoms with Crippen molar-refractivity contribution in [1.82, 2.24) is 0 Å². The van der Waals surface area contributed by atoms with Gasteiger partial charge in [0.15, 0.2) is 5.78 Å². The van der Waals surface area contributed by atoms with E-state index in [-0.39, 0.29) is 23.2 Å². The van der Waals surface area contributed by atoms with Crippen LogP contribution in [0.15, 0.2) is 54.6 Å². The van der Waals surface area contributed by atoms with Gasteiger partial charge in [-0.05, 0) is 17.7 Å². The fourth-order valence-corrected chi connectivity index (χ4v) is 3.14. The molecule has 1 N–H and O–H groups in total. The van der Waals surface area contributed by atoms with Gasteiger partial charge in [-0.15, -0.1) is 11.8 Å². The quantitative estimate of drug-likeness (QED) is 0.745. The number of aliphatic carboxylic acids is 1. The van der Waals surface area contributed by atoms with Crippen LogP contribution in [-0.2, 0) is 4.79 Å². The largest absolute Gasteiger partial charge is 0.497 e. The predicted octanol–water partition coefficient (Wildman–Crippen LogP) is 3.83. The minimum atomic E-state index is -0.888. The molecule has 2 aromatic carbocycles. The maximum absolute atomic E-state index is 12.4. The molecule has 0 aliphatic heterocycles. The first-order valence-corrected chi connectivity index (χ1v) is 8.20. The van der Waals surface area contributed by atoms with E-state index in [0.717, 1.165) is 11.3 Å². The van der Waals surface area contributed by atoms with Crippen molar-refractivity contribution in [2.24, 2.45) is 0 Å². The molecule has 1 unspecified atom stereocenters. The zero-order valence-corrected chi connectivity index (χ0v) is 13.6. The van der Waals surface area contributed by atoms with Crippen LogP contribution in [0, 0.1) is 0 Å². The Kier molecular flexibility index (Phi) is 6.23. The molecule has 2 aromatic rings. The van der Waals surface area contributed by atoms with Crippen LogP contribution >= 0.6 is 11.8 Å². The molecule has 2 rings (SSSR count). The second-order valence-electron chi connectivity index (χ2n) is 4.96. The molecule has 0 radical (unpaired) electrons. The molecule has 120 valence electrons. The Hall–Kier alpha value is -2.27. The third-order valence-electron chi connectivity index (χ3n) is 3.36. The van der Waals surface area contributed by atoms with Crippen molar-refractivity contribution in [2.75, 3.05) is 12.9 Å². The van der Waals surface area contributed by atoms with Crippen LogP contribution < -0.4 is 4.74 Å². The van der Waals surface area contributed by atoms with E-state index in [1.807, 2.05) is 42.5 Å². The summed E-state index contributed by atoms with van der Waals surface area (Å²) < 4.78 is 5.13. The summed E-state index contributed by atoms with van der Waals surface area (Å²) in [6.07, 6.45) is 0.258. The zero-order chi connectivity index (χ0) is 16.7. The summed E-state index contributed by atoms with van der Waals surface area (Å²) in [5.74, 6) is -0.200. The van der Waals surface area contributed by atoms with Crippen molar-refractivity contribution in [2.45, 2.75) is 11.7 Å². The first-order chi connectivity index (χ1) is 11.1. The molecule has 0 amide bonds. The SMILES string of the molecule is COc1ccc(C(CC(=O)c2ccccc2)SCC(=O)O)cc1. The number of thioether (sulfide) groups is 1. The van der Waals surface area contributed by atoms with E-state index in [0.29, 0.717) is 5.56 Å². The number of carbonyl (C=O) groups excluding carboxylic acids is 1. The number of ketones is 1. The normalized spacial score (nSPS) is 11.7. The van der Waals surface area contributed by atoms with Gasteiger partial charge in [0.1, 0.15) is 5.75 Å². The number of ether oxygens (including phenoxy) is 1. The van der Waals surface area contributed by atoms with Gasteiger partial charge in [0.25, 0.3) is 0 Å². The third kappa shape index (κ3) is 5.14. The topological polar surface area (TPSA) is 63.6 Å². The van der Waals surface area contributed by atoms with Gasteiger partial charge in [0, 0.05) is 17.2 Å². The summed E-state index contributed by atoms with van der Waals surface area (Å²) in [4.78, 5) is 23.3. The molecule has 0 fully saturated rings. The highest BCUT2D eigenvalue weighted by molar-refractivity contribution is 8.00. The van der Waals surface area contributed by atoms with E-state index in [4.69, 9.17) is 9.84 Å². The monoisotopic (exact) mass is 330 g/mol. The van der Waals surface area contributed by atoms with Gasteiger partial charge < -0.3 is 9.84 Å². The molecule has 0 aliphatic carbocycles. The Labute approximate surface area is 139 Å². The second-order valence-corrected chi connectivity index (χ2v) is 6.15. The molecular weight excluding hydrogens is 312 g/mol. The first-order valence-electron chi connectivity index (χ1n) is 7.15. The van der Waals surface area contributed by atoms with Gasteiger partial charge in [-0.1, -0.05) is 42.5 Å². The predicted molar refractivity (Wildman–Crippen MR) is 91.2 cm³/mol. The molecule has 4 nitrogen and oxygen atoms in total. The molecule has 0 heterocycles. The van der Waals surface area contributed by atoms with Crippen LogP contribution in [0.25, 0.3) is 0 Å². The van der Waals surface area contributed by atoms with Crippen molar-refractivity contribution < 1.29 is 19.4 Å². The van der Waals surface area contributed by atoms with Crippen LogP contribution in [0.5, 0.6) is 5.75 Å². The average Bonchev–Trinajstić information content (AvgIpc) is 2.59. The van der Waals surface area contributed by atoms with Crippen molar-refractivity contribution in [3.63, 3.8) is 0 Å². The fraction of sp³-hybridized carbons (Fsp3) is 0.222. The van der Waals surface area contributed by atoms with Gasteiger partial charge in [-0.2, -0.15) is 0 Å². The Bertz CT molecular complexity index is 652. The number of rotatable bonds is 8. The second kappa shape index (κ2) is 8.39. The summed E-state index contributed by atoms with van der Waals surface area (Å²) in [6, 6.07) is 16.4. The molecule has 0 aliphatic rings. The molecule has 0 bridgehead atoms. The van der Waals surface area contributed by atoms with E-state index in [9.17, 15) is 9.59 Å². The van der Waals surface area contributed by atoms with Crippen molar-refractivity contribution in [3.8, 4) is 5.75 Å². The van der Waals surface area contributed by atoms with Crippen LogP contribution in [0.1, 0.15) is 27.6 Å². The maximum atomic E-state index is 12.4. The van der Waals surface area contributed by atoms with E-state index < -0.39 is 5.97 Å². The average molecular weight is 330 g/mol. The molecule has 5 heteroatoms. The smallest absolute Gasteiger partial charge is 0.313 e. The molecule has 0 spiro atoms. The lowest BCUT2D eigenvalue weighted by Gasteiger charge is -2.16. The highest BCUT2D eigenvalue weighted by Crippen LogP contribution is 2.34. The number of carboxylic acid groups (broad SMARTS) is 1. The van der Waals surface area contributed by atoms with E-state index >= 15 is 0 Å². The Morgan fingerprint density at radius 3 is 2.30 bits per heavy atom. The lowest BCUT2D eigenvalue weighted by Crippen LogP contribution is -2.08. The molecule has 0 aromatic heterocycles. The minimum absolute atomic E-state index is 0.00399. The van der Waals surface area contributed by atoms with E-state index in [2.05, 4.69) is 0 Å². The van der Waals surface area contributed by atoms with Gasteiger partial charge >= 0.3 is 5.97 Å². The first kappa shape index (κ1) is 17.1. The Balaban J connectivity index is 2.15. The third-order valence-corrected chi connectivity index (χ3v) is 4.62. The molecule has 0 saturated carbocycles. The van der Waals surface area contributed by atoms with E-state index in [1.165, 1.54) is 11.8 Å². The number of methoxy groups -OCH3 is 1. The zero-order valence-electron chi connectivity index (χ0n) is 12.8. The summed E-state index contributed by atoms with van der Waals surface area (Å²) >= 11 is 1.26. The Morgan fingerprint density at radius 2 is 1.74 bits per heavy atom. The van der Waals surface area contributed by atoms with Gasteiger partial charge in [-0.3, -0.25) is 9.59 Å².